The highest BCUT2D eigenvalue weighted by molar-refractivity contribution is 5.74. The highest BCUT2D eigenvalue weighted by atomic mass is 16.6. The second-order valence-electron chi connectivity index (χ2n) is 5.04. The first-order chi connectivity index (χ1) is 9.83. The molecule has 116 valence electrons. The zero-order valence-corrected chi connectivity index (χ0v) is 12.4. The van der Waals surface area contributed by atoms with Gasteiger partial charge in [-0.3, -0.25) is 14.9 Å². The van der Waals surface area contributed by atoms with Crippen LogP contribution in [0.15, 0.2) is 18.2 Å². The first kappa shape index (κ1) is 16.7. The number of rotatable bonds is 8. The van der Waals surface area contributed by atoms with Gasteiger partial charge in [-0.1, -0.05) is 13.8 Å². The predicted molar refractivity (Wildman–Crippen MR) is 79.0 cm³/mol. The van der Waals surface area contributed by atoms with Gasteiger partial charge >= 0.3 is 5.97 Å². The lowest BCUT2D eigenvalue weighted by Gasteiger charge is -2.25. The number of hydrogen-bond acceptors (Lipinski definition) is 5. The minimum atomic E-state index is -0.986. The monoisotopic (exact) mass is 296 g/mol. The number of benzene rings is 1. The molecule has 0 aliphatic carbocycles. The molecule has 0 saturated carbocycles. The average Bonchev–Trinajstić information content (AvgIpc) is 2.36. The molecule has 1 N–H and O–H groups in total. The van der Waals surface area contributed by atoms with Crippen LogP contribution in [0, 0.1) is 16.0 Å². The fraction of sp³-hybridized carbons (Fsp3) is 0.500. The third-order valence-corrected chi connectivity index (χ3v) is 2.67. The molecule has 1 rings (SSSR count). The minimum Gasteiger partial charge on any atom is -0.494 e. The molecule has 0 fully saturated rings. The molecule has 21 heavy (non-hydrogen) atoms. The first-order valence-corrected chi connectivity index (χ1v) is 6.72. The van der Waals surface area contributed by atoms with E-state index < -0.39 is 10.9 Å². The van der Waals surface area contributed by atoms with Crippen molar-refractivity contribution in [3.8, 4) is 5.75 Å². The molecule has 0 radical (unpaired) electrons. The minimum absolute atomic E-state index is 0.116. The number of carboxylic acid groups (broad SMARTS) is 1. The Hall–Kier alpha value is -2.31. The number of nitrogens with zero attached hydrogens (tertiary/aromatic N) is 2. The van der Waals surface area contributed by atoms with E-state index in [1.807, 2.05) is 13.8 Å². The van der Waals surface area contributed by atoms with Crippen molar-refractivity contribution in [2.24, 2.45) is 5.92 Å². The van der Waals surface area contributed by atoms with E-state index in [2.05, 4.69) is 0 Å². The Kier molecular flexibility index (Phi) is 5.95. The molecular weight excluding hydrogens is 276 g/mol. The quantitative estimate of drug-likeness (QED) is 0.585. The summed E-state index contributed by atoms with van der Waals surface area (Å²) in [5.74, 6) is -0.403. The van der Waals surface area contributed by atoms with Gasteiger partial charge in [0.25, 0.3) is 5.69 Å². The van der Waals surface area contributed by atoms with Gasteiger partial charge in [-0.15, -0.1) is 0 Å². The molecule has 0 unspecified atom stereocenters. The topological polar surface area (TPSA) is 92.9 Å². The van der Waals surface area contributed by atoms with Gasteiger partial charge in [0.1, 0.15) is 12.3 Å². The maximum atomic E-state index is 11.0. The van der Waals surface area contributed by atoms with Crippen LogP contribution in [-0.4, -0.2) is 35.7 Å². The summed E-state index contributed by atoms with van der Waals surface area (Å²) in [6.07, 6.45) is 0. The normalized spacial score (nSPS) is 10.5. The lowest BCUT2D eigenvalue weighted by Crippen LogP contribution is -2.33. The van der Waals surface area contributed by atoms with E-state index in [1.54, 1.807) is 17.9 Å². The molecule has 7 heteroatoms. The number of carboxylic acids is 1. The molecule has 0 heterocycles. The number of anilines is 1. The number of aliphatic carboxylic acids is 1. The Bertz CT molecular complexity index is 516. The van der Waals surface area contributed by atoms with Crippen LogP contribution in [0.25, 0.3) is 0 Å². The second kappa shape index (κ2) is 7.47. The largest absolute Gasteiger partial charge is 0.494 e. The SMILES string of the molecule is CCOc1cc(N(CC(=O)O)CC(C)C)cc([N+](=O)[O-])c1. The van der Waals surface area contributed by atoms with E-state index in [-0.39, 0.29) is 18.2 Å². The molecule has 0 saturated heterocycles. The standard InChI is InChI=1S/C14H20N2O5/c1-4-21-13-6-11(5-12(7-13)16(19)20)15(8-10(2)3)9-14(17)18/h5-7,10H,4,8-9H2,1-3H3,(H,17,18). The van der Waals surface area contributed by atoms with Crippen LogP contribution in [0.5, 0.6) is 5.75 Å². The van der Waals surface area contributed by atoms with Crippen LogP contribution >= 0.6 is 0 Å². The van der Waals surface area contributed by atoms with Crippen LogP contribution in [0.2, 0.25) is 0 Å². The van der Waals surface area contributed by atoms with Crippen LogP contribution in [0.4, 0.5) is 11.4 Å². The summed E-state index contributed by atoms with van der Waals surface area (Å²) in [6.45, 7) is 6.33. The molecule has 1 aromatic rings. The number of hydrogen-bond donors (Lipinski definition) is 1. The van der Waals surface area contributed by atoms with Gasteiger partial charge in [0.15, 0.2) is 0 Å². The molecule has 7 nitrogen and oxygen atoms in total. The van der Waals surface area contributed by atoms with E-state index >= 15 is 0 Å². The number of nitro benzene ring substituents is 1. The van der Waals surface area contributed by atoms with Gasteiger partial charge in [-0.25, -0.2) is 0 Å². The van der Waals surface area contributed by atoms with Crippen molar-refractivity contribution in [1.82, 2.24) is 0 Å². The van der Waals surface area contributed by atoms with Gasteiger partial charge in [-0.05, 0) is 12.8 Å². The van der Waals surface area contributed by atoms with E-state index in [4.69, 9.17) is 9.84 Å². The Balaban J connectivity index is 3.20. The van der Waals surface area contributed by atoms with Crippen molar-refractivity contribution in [1.29, 1.82) is 0 Å². The summed E-state index contributed by atoms with van der Waals surface area (Å²) < 4.78 is 5.32. The summed E-state index contributed by atoms with van der Waals surface area (Å²) in [4.78, 5) is 23.1. The molecule has 0 amide bonds. The summed E-state index contributed by atoms with van der Waals surface area (Å²) in [5.41, 5.74) is 0.360. The fourth-order valence-corrected chi connectivity index (χ4v) is 1.97. The maximum Gasteiger partial charge on any atom is 0.323 e. The van der Waals surface area contributed by atoms with Crippen LogP contribution in [0.3, 0.4) is 0 Å². The maximum absolute atomic E-state index is 11.0. The van der Waals surface area contributed by atoms with Crippen molar-refractivity contribution < 1.29 is 19.6 Å². The molecule has 0 aliphatic rings. The molecular formula is C14H20N2O5. The van der Waals surface area contributed by atoms with Crippen molar-refractivity contribution in [3.63, 3.8) is 0 Å². The van der Waals surface area contributed by atoms with Crippen molar-refractivity contribution >= 4 is 17.3 Å². The van der Waals surface area contributed by atoms with Gasteiger partial charge in [-0.2, -0.15) is 0 Å². The van der Waals surface area contributed by atoms with E-state index in [0.717, 1.165) is 0 Å². The summed E-state index contributed by atoms with van der Waals surface area (Å²) in [5, 5.41) is 20.0. The molecule has 1 aromatic carbocycles. The Labute approximate surface area is 123 Å². The van der Waals surface area contributed by atoms with Gasteiger partial charge in [0.2, 0.25) is 0 Å². The third kappa shape index (κ3) is 5.29. The Morgan fingerprint density at radius 3 is 2.57 bits per heavy atom. The van der Waals surface area contributed by atoms with Crippen molar-refractivity contribution in [2.45, 2.75) is 20.8 Å². The highest BCUT2D eigenvalue weighted by Crippen LogP contribution is 2.29. The van der Waals surface area contributed by atoms with Crippen LogP contribution in [-0.2, 0) is 4.79 Å². The van der Waals surface area contributed by atoms with Gasteiger partial charge in [0, 0.05) is 24.4 Å². The van der Waals surface area contributed by atoms with Gasteiger partial charge in [0.05, 0.1) is 17.6 Å². The van der Waals surface area contributed by atoms with E-state index in [1.165, 1.54) is 12.1 Å². The average molecular weight is 296 g/mol. The summed E-state index contributed by atoms with van der Waals surface area (Å²) in [6, 6.07) is 4.33. The Morgan fingerprint density at radius 1 is 1.43 bits per heavy atom. The number of ether oxygens (including phenoxy) is 1. The zero-order chi connectivity index (χ0) is 16.0. The van der Waals surface area contributed by atoms with Crippen molar-refractivity contribution in [3.05, 3.63) is 28.3 Å². The smallest absolute Gasteiger partial charge is 0.323 e. The molecule has 0 bridgehead atoms. The summed E-state index contributed by atoms with van der Waals surface area (Å²) in [7, 11) is 0. The molecule has 0 aliphatic heterocycles. The summed E-state index contributed by atoms with van der Waals surface area (Å²) >= 11 is 0. The van der Waals surface area contributed by atoms with Crippen molar-refractivity contribution in [2.75, 3.05) is 24.6 Å². The van der Waals surface area contributed by atoms with Crippen LogP contribution in [0.1, 0.15) is 20.8 Å². The zero-order valence-electron chi connectivity index (χ0n) is 12.4. The third-order valence-electron chi connectivity index (χ3n) is 2.67. The van der Waals surface area contributed by atoms with E-state index in [9.17, 15) is 14.9 Å². The highest BCUT2D eigenvalue weighted by Gasteiger charge is 2.17. The van der Waals surface area contributed by atoms with Gasteiger partial charge < -0.3 is 14.7 Å². The lowest BCUT2D eigenvalue weighted by molar-refractivity contribution is -0.384. The fourth-order valence-electron chi connectivity index (χ4n) is 1.97. The first-order valence-electron chi connectivity index (χ1n) is 6.72. The second-order valence-corrected chi connectivity index (χ2v) is 5.04. The predicted octanol–water partition coefficient (Wildman–Crippen LogP) is 2.54. The number of non-ortho nitro benzene ring substituents is 1. The Morgan fingerprint density at radius 2 is 2.10 bits per heavy atom. The number of carbonyl (C=O) groups is 1. The van der Waals surface area contributed by atoms with Crippen LogP contribution < -0.4 is 9.64 Å². The lowest BCUT2D eigenvalue weighted by atomic mass is 10.1. The number of nitro groups is 1. The molecule has 0 spiro atoms. The van der Waals surface area contributed by atoms with E-state index in [0.29, 0.717) is 24.6 Å². The molecule has 0 atom stereocenters. The molecule has 0 aromatic heterocycles.